The summed E-state index contributed by atoms with van der Waals surface area (Å²) in [4.78, 5) is 7.11. The van der Waals surface area contributed by atoms with Crippen LogP contribution in [0.25, 0.3) is 0 Å². The molecule has 1 aliphatic rings. The predicted molar refractivity (Wildman–Crippen MR) is 112 cm³/mol. The van der Waals surface area contributed by atoms with E-state index in [2.05, 4.69) is 47.4 Å². The Kier molecular flexibility index (Phi) is 6.22. The monoisotopic (exact) mass is 392 g/mol. The van der Waals surface area contributed by atoms with Crippen molar-refractivity contribution in [2.75, 3.05) is 26.8 Å². The zero-order chi connectivity index (χ0) is 20.1. The van der Waals surface area contributed by atoms with E-state index in [4.69, 9.17) is 14.5 Å². The average molecular weight is 393 g/mol. The maximum atomic E-state index is 6.00. The summed E-state index contributed by atoms with van der Waals surface area (Å²) < 4.78 is 13.2. The molecule has 1 aliphatic heterocycles. The fourth-order valence-corrected chi connectivity index (χ4v) is 3.65. The summed E-state index contributed by atoms with van der Waals surface area (Å²) in [6, 6.07) is 12.4. The molecular formula is C23H28N4O2. The van der Waals surface area contributed by atoms with Gasteiger partial charge in [0.1, 0.15) is 11.9 Å². The Hall–Kier alpha value is -2.70. The number of ether oxygens (including phenoxy) is 2. The van der Waals surface area contributed by atoms with Gasteiger partial charge in [0.05, 0.1) is 25.6 Å². The van der Waals surface area contributed by atoms with Gasteiger partial charge in [0, 0.05) is 44.1 Å². The molecular weight excluding hydrogens is 364 g/mol. The van der Waals surface area contributed by atoms with Gasteiger partial charge in [0.2, 0.25) is 0 Å². The van der Waals surface area contributed by atoms with Crippen molar-refractivity contribution >= 4 is 0 Å². The van der Waals surface area contributed by atoms with Crippen LogP contribution in [-0.4, -0.2) is 46.5 Å². The Morgan fingerprint density at radius 1 is 1.07 bits per heavy atom. The Morgan fingerprint density at radius 2 is 1.90 bits per heavy atom. The van der Waals surface area contributed by atoms with Crippen molar-refractivity contribution in [3.8, 4) is 5.75 Å². The molecule has 0 spiro atoms. The minimum absolute atomic E-state index is 0.0139. The third-order valence-electron chi connectivity index (χ3n) is 5.31. The predicted octanol–water partition coefficient (Wildman–Crippen LogP) is 3.47. The first-order valence-corrected chi connectivity index (χ1v) is 10.2. The molecule has 0 radical (unpaired) electrons. The number of benzene rings is 1. The van der Waals surface area contributed by atoms with Crippen molar-refractivity contribution in [1.29, 1.82) is 0 Å². The third-order valence-corrected chi connectivity index (χ3v) is 5.31. The van der Waals surface area contributed by atoms with E-state index in [9.17, 15) is 0 Å². The molecule has 2 aromatic heterocycles. The standard InChI is InChI=1S/C23H28N4O2/c1-3-27-16-20(14-25-27)15-26-10-11-29-23(17-26)22-9-6-19(13-24-22)12-18-4-7-21(28-2)8-5-18/h4-9,13-14,16,23H,3,10-12,15,17H2,1-2H3/t23-/m1/s1. The molecule has 3 aromatic rings. The molecule has 0 N–H and O–H groups in total. The van der Waals surface area contributed by atoms with Gasteiger partial charge in [0.25, 0.3) is 0 Å². The van der Waals surface area contributed by atoms with E-state index in [1.165, 1.54) is 16.7 Å². The van der Waals surface area contributed by atoms with Crippen molar-refractivity contribution in [2.24, 2.45) is 0 Å². The maximum absolute atomic E-state index is 6.00. The normalized spacial score (nSPS) is 17.4. The number of nitrogens with zero attached hydrogens (tertiary/aromatic N) is 4. The molecule has 3 heterocycles. The van der Waals surface area contributed by atoms with Gasteiger partial charge in [-0.05, 0) is 42.7 Å². The fourth-order valence-electron chi connectivity index (χ4n) is 3.65. The second-order valence-corrected chi connectivity index (χ2v) is 7.41. The van der Waals surface area contributed by atoms with Crippen LogP contribution in [0.1, 0.15) is 35.4 Å². The number of morpholine rings is 1. The molecule has 0 saturated carbocycles. The molecule has 0 unspecified atom stereocenters. The molecule has 4 rings (SSSR count). The van der Waals surface area contributed by atoms with E-state index in [1.807, 2.05) is 29.2 Å². The largest absolute Gasteiger partial charge is 0.497 e. The topological polar surface area (TPSA) is 52.4 Å². The fraction of sp³-hybridized carbons (Fsp3) is 0.391. The molecule has 0 amide bonds. The number of hydrogen-bond donors (Lipinski definition) is 0. The summed E-state index contributed by atoms with van der Waals surface area (Å²) in [5.41, 5.74) is 4.68. The lowest BCUT2D eigenvalue weighted by Crippen LogP contribution is -2.38. The van der Waals surface area contributed by atoms with Gasteiger partial charge in [0.15, 0.2) is 0 Å². The molecule has 1 aromatic carbocycles. The highest BCUT2D eigenvalue weighted by Gasteiger charge is 2.23. The van der Waals surface area contributed by atoms with Crippen LogP contribution < -0.4 is 4.74 Å². The summed E-state index contributed by atoms with van der Waals surface area (Å²) in [5.74, 6) is 0.878. The summed E-state index contributed by atoms with van der Waals surface area (Å²) in [7, 11) is 1.68. The van der Waals surface area contributed by atoms with Crippen LogP contribution in [-0.2, 0) is 24.2 Å². The van der Waals surface area contributed by atoms with Crippen LogP contribution in [0.5, 0.6) is 5.75 Å². The summed E-state index contributed by atoms with van der Waals surface area (Å²) in [6.07, 6.45) is 6.92. The van der Waals surface area contributed by atoms with E-state index in [0.717, 1.165) is 50.7 Å². The molecule has 152 valence electrons. The Labute approximate surface area is 172 Å². The molecule has 1 atom stereocenters. The van der Waals surface area contributed by atoms with E-state index >= 15 is 0 Å². The van der Waals surface area contributed by atoms with E-state index in [1.54, 1.807) is 7.11 Å². The number of aryl methyl sites for hydroxylation is 1. The van der Waals surface area contributed by atoms with E-state index in [-0.39, 0.29) is 6.10 Å². The molecule has 1 saturated heterocycles. The maximum Gasteiger partial charge on any atom is 0.118 e. The molecule has 1 fully saturated rings. The zero-order valence-corrected chi connectivity index (χ0v) is 17.1. The highest BCUT2D eigenvalue weighted by Crippen LogP contribution is 2.23. The quantitative estimate of drug-likeness (QED) is 0.616. The first-order valence-electron chi connectivity index (χ1n) is 10.2. The van der Waals surface area contributed by atoms with Crippen molar-refractivity contribution in [3.63, 3.8) is 0 Å². The van der Waals surface area contributed by atoms with Crippen LogP contribution >= 0.6 is 0 Å². The lowest BCUT2D eigenvalue weighted by molar-refractivity contribution is -0.0350. The highest BCUT2D eigenvalue weighted by molar-refractivity contribution is 5.31. The number of hydrogen-bond acceptors (Lipinski definition) is 5. The number of methoxy groups -OCH3 is 1. The van der Waals surface area contributed by atoms with Gasteiger partial charge in [-0.2, -0.15) is 5.10 Å². The van der Waals surface area contributed by atoms with Gasteiger partial charge < -0.3 is 9.47 Å². The molecule has 6 nitrogen and oxygen atoms in total. The summed E-state index contributed by atoms with van der Waals surface area (Å²) in [6.45, 7) is 6.41. The Morgan fingerprint density at radius 3 is 2.59 bits per heavy atom. The van der Waals surface area contributed by atoms with E-state index < -0.39 is 0 Å². The highest BCUT2D eigenvalue weighted by atomic mass is 16.5. The van der Waals surface area contributed by atoms with Crippen LogP contribution in [0.3, 0.4) is 0 Å². The molecule has 0 aliphatic carbocycles. The lowest BCUT2D eigenvalue weighted by atomic mass is 10.1. The second kappa shape index (κ2) is 9.20. The minimum Gasteiger partial charge on any atom is -0.497 e. The van der Waals surface area contributed by atoms with Gasteiger partial charge in [-0.25, -0.2) is 0 Å². The molecule has 6 heteroatoms. The summed E-state index contributed by atoms with van der Waals surface area (Å²) in [5, 5.41) is 4.37. The SMILES string of the molecule is CCn1cc(CN2CCO[C@@H](c3ccc(Cc4ccc(OC)cc4)cn3)C2)cn1. The van der Waals surface area contributed by atoms with Gasteiger partial charge in [-0.1, -0.05) is 18.2 Å². The van der Waals surface area contributed by atoms with Crippen LogP contribution in [0, 0.1) is 0 Å². The van der Waals surface area contributed by atoms with Crippen molar-refractivity contribution in [3.05, 3.63) is 77.4 Å². The third kappa shape index (κ3) is 5.02. The summed E-state index contributed by atoms with van der Waals surface area (Å²) >= 11 is 0. The van der Waals surface area contributed by atoms with E-state index in [0.29, 0.717) is 0 Å². The van der Waals surface area contributed by atoms with Crippen molar-refractivity contribution < 1.29 is 9.47 Å². The Bertz CT molecular complexity index is 905. The molecule has 0 bridgehead atoms. The van der Waals surface area contributed by atoms with Gasteiger partial charge in [-0.3, -0.25) is 14.6 Å². The smallest absolute Gasteiger partial charge is 0.118 e. The second-order valence-electron chi connectivity index (χ2n) is 7.41. The average Bonchev–Trinajstić information content (AvgIpc) is 3.22. The first kappa shape index (κ1) is 19.6. The van der Waals surface area contributed by atoms with Gasteiger partial charge >= 0.3 is 0 Å². The zero-order valence-electron chi connectivity index (χ0n) is 17.1. The van der Waals surface area contributed by atoms with Crippen LogP contribution in [0.4, 0.5) is 0 Å². The van der Waals surface area contributed by atoms with Crippen molar-refractivity contribution in [1.82, 2.24) is 19.7 Å². The Balaban J connectivity index is 1.36. The van der Waals surface area contributed by atoms with Crippen molar-refractivity contribution in [2.45, 2.75) is 32.5 Å². The number of aromatic nitrogens is 3. The van der Waals surface area contributed by atoms with Crippen LogP contribution in [0.2, 0.25) is 0 Å². The van der Waals surface area contributed by atoms with Gasteiger partial charge in [-0.15, -0.1) is 0 Å². The lowest BCUT2D eigenvalue weighted by Gasteiger charge is -2.32. The number of rotatable bonds is 7. The minimum atomic E-state index is 0.0139. The first-order chi connectivity index (χ1) is 14.2. The van der Waals surface area contributed by atoms with Crippen LogP contribution in [0.15, 0.2) is 55.0 Å². The number of pyridine rings is 1. The molecule has 29 heavy (non-hydrogen) atoms.